The van der Waals surface area contributed by atoms with Gasteiger partial charge in [0.15, 0.2) is 0 Å². The molecule has 3 nitrogen and oxygen atoms in total. The highest BCUT2D eigenvalue weighted by Gasteiger charge is 2.07. The van der Waals surface area contributed by atoms with Crippen LogP contribution in [-0.2, 0) is 0 Å². The molecule has 2 N–H and O–H groups in total. The van der Waals surface area contributed by atoms with E-state index in [4.69, 9.17) is 5.73 Å². The summed E-state index contributed by atoms with van der Waals surface area (Å²) >= 11 is 0. The molecule has 9 heavy (non-hydrogen) atoms. The van der Waals surface area contributed by atoms with Gasteiger partial charge in [0.1, 0.15) is 0 Å². The van der Waals surface area contributed by atoms with E-state index in [0.717, 1.165) is 0 Å². The highest BCUT2D eigenvalue weighted by atomic mass is 16.2. The predicted octanol–water partition coefficient (Wildman–Crippen LogP) is 0.919. The van der Waals surface area contributed by atoms with E-state index in [0.29, 0.717) is 0 Å². The van der Waals surface area contributed by atoms with E-state index in [2.05, 4.69) is 6.58 Å². The van der Waals surface area contributed by atoms with Crippen LogP contribution in [0, 0.1) is 0 Å². The van der Waals surface area contributed by atoms with Gasteiger partial charge in [0, 0.05) is 12.2 Å². The minimum Gasteiger partial charge on any atom is -0.351 e. The fourth-order valence-corrected chi connectivity index (χ4v) is 0.555. The maximum absolute atomic E-state index is 10.4. The van der Waals surface area contributed by atoms with Crippen molar-refractivity contribution in [3.8, 4) is 0 Å². The first-order chi connectivity index (χ1) is 4.09. The number of nitrogens with zero attached hydrogens (tertiary/aromatic N) is 1. The minimum absolute atomic E-state index is 0.0972. The van der Waals surface area contributed by atoms with Gasteiger partial charge in [-0.3, -0.25) is 4.90 Å². The molecule has 0 aliphatic carbocycles. The molecule has 3 heteroatoms. The van der Waals surface area contributed by atoms with Gasteiger partial charge in [-0.15, -0.1) is 0 Å². The molecule has 0 radical (unpaired) electrons. The monoisotopic (exact) mass is 128 g/mol. The molecule has 0 aromatic carbocycles. The maximum atomic E-state index is 10.4. The van der Waals surface area contributed by atoms with Gasteiger partial charge in [-0.2, -0.15) is 0 Å². The molecule has 0 spiro atoms. The maximum Gasteiger partial charge on any atom is 0.319 e. The first-order valence-corrected chi connectivity index (χ1v) is 2.80. The van der Waals surface area contributed by atoms with Crippen molar-refractivity contribution in [1.82, 2.24) is 4.90 Å². The summed E-state index contributed by atoms with van der Waals surface area (Å²) in [5.74, 6) is 0. The van der Waals surface area contributed by atoms with Crippen LogP contribution < -0.4 is 5.73 Å². The van der Waals surface area contributed by atoms with Gasteiger partial charge in [0.2, 0.25) is 0 Å². The molecule has 0 aromatic rings. The summed E-state index contributed by atoms with van der Waals surface area (Å²) in [7, 11) is 0. The topological polar surface area (TPSA) is 46.3 Å². The lowest BCUT2D eigenvalue weighted by Gasteiger charge is -2.18. The summed E-state index contributed by atoms with van der Waals surface area (Å²) in [6.07, 6.45) is 1.42. The molecule has 0 aromatic heterocycles. The molecule has 0 saturated heterocycles. The lowest BCUT2D eigenvalue weighted by atomic mass is 10.3. The average molecular weight is 128 g/mol. The van der Waals surface area contributed by atoms with Gasteiger partial charge in [-0.25, -0.2) is 4.79 Å². The fraction of sp³-hybridized carbons (Fsp3) is 0.500. The second-order valence-electron chi connectivity index (χ2n) is 2.02. The Morgan fingerprint density at radius 1 is 1.78 bits per heavy atom. The molecular weight excluding hydrogens is 116 g/mol. The number of hydrogen-bond acceptors (Lipinski definition) is 1. The molecule has 0 rings (SSSR count). The average Bonchev–Trinajstić information content (AvgIpc) is 1.64. The molecule has 0 aliphatic rings. The highest BCUT2D eigenvalue weighted by molar-refractivity contribution is 5.73. The molecule has 0 aliphatic heterocycles. The Morgan fingerprint density at radius 2 is 2.22 bits per heavy atom. The van der Waals surface area contributed by atoms with Crippen molar-refractivity contribution in [2.45, 2.75) is 19.9 Å². The van der Waals surface area contributed by atoms with Crippen LogP contribution in [-0.4, -0.2) is 17.0 Å². The standard InChI is InChI=1S/C6H12N2O/c1-4-8(5(2)3)6(7)9/h4-5H,1H2,2-3H3,(H2,7,9). The number of primary amides is 1. The Kier molecular flexibility index (Phi) is 2.78. The predicted molar refractivity (Wildman–Crippen MR) is 36.8 cm³/mol. The van der Waals surface area contributed by atoms with E-state index in [-0.39, 0.29) is 6.04 Å². The highest BCUT2D eigenvalue weighted by Crippen LogP contribution is 1.95. The van der Waals surface area contributed by atoms with Crippen molar-refractivity contribution in [1.29, 1.82) is 0 Å². The number of nitrogens with two attached hydrogens (primary N) is 1. The second-order valence-corrected chi connectivity index (χ2v) is 2.02. The van der Waals surface area contributed by atoms with Crippen LogP contribution in [0.2, 0.25) is 0 Å². The zero-order valence-corrected chi connectivity index (χ0v) is 5.79. The third-order valence-corrected chi connectivity index (χ3v) is 1.01. The van der Waals surface area contributed by atoms with Gasteiger partial charge in [0.25, 0.3) is 0 Å². The molecular formula is C6H12N2O. The van der Waals surface area contributed by atoms with Crippen molar-refractivity contribution in [3.63, 3.8) is 0 Å². The summed E-state index contributed by atoms with van der Waals surface area (Å²) in [5.41, 5.74) is 4.96. The van der Waals surface area contributed by atoms with Crippen LogP contribution in [0.3, 0.4) is 0 Å². The largest absolute Gasteiger partial charge is 0.351 e. The van der Waals surface area contributed by atoms with Crippen LogP contribution in [0.5, 0.6) is 0 Å². The van der Waals surface area contributed by atoms with E-state index in [1.54, 1.807) is 0 Å². The SMILES string of the molecule is C=CN(C(N)=O)C(C)C. The second kappa shape index (κ2) is 3.12. The van der Waals surface area contributed by atoms with Crippen molar-refractivity contribution in [2.24, 2.45) is 5.73 Å². The number of urea groups is 1. The van der Waals surface area contributed by atoms with E-state index in [1.807, 2.05) is 13.8 Å². The van der Waals surface area contributed by atoms with Gasteiger partial charge >= 0.3 is 6.03 Å². The molecule has 0 bridgehead atoms. The lowest BCUT2D eigenvalue weighted by molar-refractivity contribution is 0.216. The zero-order valence-electron chi connectivity index (χ0n) is 5.79. The number of carbonyl (C=O) groups excluding carboxylic acids is 1. The van der Waals surface area contributed by atoms with Crippen molar-refractivity contribution in [3.05, 3.63) is 12.8 Å². The minimum atomic E-state index is -0.458. The molecule has 0 fully saturated rings. The summed E-state index contributed by atoms with van der Waals surface area (Å²) in [6, 6.07) is -0.361. The molecule has 0 unspecified atom stereocenters. The molecule has 2 amide bonds. The number of rotatable bonds is 2. The quantitative estimate of drug-likeness (QED) is 0.590. The Morgan fingerprint density at radius 3 is 2.22 bits per heavy atom. The van der Waals surface area contributed by atoms with Crippen molar-refractivity contribution < 1.29 is 4.79 Å². The van der Waals surface area contributed by atoms with Crippen LogP contribution in [0.15, 0.2) is 12.8 Å². The molecule has 0 heterocycles. The third-order valence-electron chi connectivity index (χ3n) is 1.01. The Bertz CT molecular complexity index is 120. The summed E-state index contributed by atoms with van der Waals surface area (Å²) < 4.78 is 0. The van der Waals surface area contributed by atoms with E-state index >= 15 is 0 Å². The van der Waals surface area contributed by atoms with Gasteiger partial charge in [-0.05, 0) is 13.8 Å². The Hall–Kier alpha value is -0.990. The van der Waals surface area contributed by atoms with E-state index in [1.165, 1.54) is 11.1 Å². The number of carbonyl (C=O) groups is 1. The van der Waals surface area contributed by atoms with Crippen molar-refractivity contribution >= 4 is 6.03 Å². The van der Waals surface area contributed by atoms with Crippen LogP contribution >= 0.6 is 0 Å². The van der Waals surface area contributed by atoms with E-state index in [9.17, 15) is 4.79 Å². The molecule has 0 atom stereocenters. The third kappa shape index (κ3) is 2.17. The summed E-state index contributed by atoms with van der Waals surface area (Å²) in [6.45, 7) is 7.16. The van der Waals surface area contributed by atoms with Gasteiger partial charge < -0.3 is 5.73 Å². The van der Waals surface area contributed by atoms with E-state index < -0.39 is 6.03 Å². The Labute approximate surface area is 55.1 Å². The normalized spacial score (nSPS) is 9.22. The first-order valence-electron chi connectivity index (χ1n) is 2.80. The smallest absolute Gasteiger partial charge is 0.319 e. The number of hydrogen-bond donors (Lipinski definition) is 1. The van der Waals surface area contributed by atoms with Crippen molar-refractivity contribution in [2.75, 3.05) is 0 Å². The summed E-state index contributed by atoms with van der Waals surface area (Å²) in [5, 5.41) is 0. The van der Waals surface area contributed by atoms with Gasteiger partial charge in [-0.1, -0.05) is 6.58 Å². The summed E-state index contributed by atoms with van der Waals surface area (Å²) in [4.78, 5) is 11.8. The number of amides is 2. The molecule has 0 saturated carbocycles. The van der Waals surface area contributed by atoms with Crippen LogP contribution in [0.25, 0.3) is 0 Å². The first kappa shape index (κ1) is 8.01. The fourth-order valence-electron chi connectivity index (χ4n) is 0.555. The lowest BCUT2D eigenvalue weighted by Crippen LogP contribution is -2.36. The Balaban J connectivity index is 3.98. The van der Waals surface area contributed by atoms with Crippen LogP contribution in [0.4, 0.5) is 4.79 Å². The van der Waals surface area contributed by atoms with Gasteiger partial charge in [0.05, 0.1) is 0 Å². The molecule has 52 valence electrons. The van der Waals surface area contributed by atoms with Crippen LogP contribution in [0.1, 0.15) is 13.8 Å². The zero-order chi connectivity index (χ0) is 7.44.